The quantitative estimate of drug-likeness (QED) is 0.416. The maximum Gasteiger partial charge on any atom is 0.283 e. The van der Waals surface area contributed by atoms with Gasteiger partial charge < -0.3 is 5.32 Å². The van der Waals surface area contributed by atoms with Crippen LogP contribution in [0.2, 0.25) is 10.0 Å². The molecular formula is C24H18Cl2N2O2S. The Balaban J connectivity index is 1.75. The van der Waals surface area contributed by atoms with E-state index < -0.39 is 11.8 Å². The third-order valence-corrected chi connectivity index (χ3v) is 6.71. The summed E-state index contributed by atoms with van der Waals surface area (Å²) in [6.07, 6.45) is 0.913. The van der Waals surface area contributed by atoms with Gasteiger partial charge in [-0.25, -0.2) is 4.90 Å². The molecule has 7 heteroatoms. The molecular weight excluding hydrogens is 451 g/mol. The van der Waals surface area contributed by atoms with Gasteiger partial charge in [0.15, 0.2) is 0 Å². The number of rotatable bonds is 6. The van der Waals surface area contributed by atoms with Crippen LogP contribution in [0.5, 0.6) is 0 Å². The van der Waals surface area contributed by atoms with Crippen LogP contribution in [-0.2, 0) is 16.0 Å². The summed E-state index contributed by atoms with van der Waals surface area (Å²) in [5.74, 6) is -0.928. The topological polar surface area (TPSA) is 49.4 Å². The number of halogens is 2. The predicted molar refractivity (Wildman–Crippen MR) is 128 cm³/mol. The Morgan fingerprint density at radius 3 is 2.26 bits per heavy atom. The highest BCUT2D eigenvalue weighted by atomic mass is 35.5. The van der Waals surface area contributed by atoms with Crippen molar-refractivity contribution in [3.63, 3.8) is 0 Å². The number of amides is 2. The first-order valence-electron chi connectivity index (χ1n) is 9.65. The Bertz CT molecular complexity index is 1180. The Morgan fingerprint density at radius 1 is 0.871 bits per heavy atom. The van der Waals surface area contributed by atoms with Crippen molar-refractivity contribution >= 4 is 58.2 Å². The third kappa shape index (κ3) is 4.35. The van der Waals surface area contributed by atoms with Crippen LogP contribution >= 0.6 is 35.0 Å². The number of imide groups is 1. The van der Waals surface area contributed by atoms with Crippen molar-refractivity contribution in [3.8, 4) is 0 Å². The van der Waals surface area contributed by atoms with Gasteiger partial charge in [-0.15, -0.1) is 0 Å². The molecule has 0 aromatic heterocycles. The number of benzene rings is 3. The number of hydrogen-bond acceptors (Lipinski definition) is 4. The number of carbonyl (C=O) groups excluding carboxylic acids is 2. The number of carbonyl (C=O) groups is 2. The van der Waals surface area contributed by atoms with E-state index in [-0.39, 0.29) is 21.4 Å². The van der Waals surface area contributed by atoms with E-state index in [1.165, 1.54) is 17.3 Å². The van der Waals surface area contributed by atoms with Crippen molar-refractivity contribution in [2.45, 2.75) is 18.2 Å². The first kappa shape index (κ1) is 21.5. The second-order valence-electron chi connectivity index (χ2n) is 6.81. The zero-order valence-corrected chi connectivity index (χ0v) is 18.9. The van der Waals surface area contributed by atoms with Gasteiger partial charge in [-0.2, -0.15) is 0 Å². The van der Waals surface area contributed by atoms with Crippen LogP contribution in [0.1, 0.15) is 12.5 Å². The summed E-state index contributed by atoms with van der Waals surface area (Å²) < 4.78 is 0. The highest BCUT2D eigenvalue weighted by Gasteiger charge is 2.41. The molecule has 0 saturated carbocycles. The first-order valence-corrected chi connectivity index (χ1v) is 11.2. The number of hydrogen-bond donors (Lipinski definition) is 1. The Kier molecular flexibility index (Phi) is 6.37. The van der Waals surface area contributed by atoms with E-state index in [4.69, 9.17) is 23.2 Å². The van der Waals surface area contributed by atoms with Gasteiger partial charge in [0.25, 0.3) is 11.8 Å². The zero-order chi connectivity index (χ0) is 22.0. The molecule has 0 atom stereocenters. The third-order valence-electron chi connectivity index (χ3n) is 4.81. The van der Waals surface area contributed by atoms with E-state index >= 15 is 0 Å². The maximum absolute atomic E-state index is 13.4. The smallest absolute Gasteiger partial charge is 0.283 e. The molecule has 1 heterocycles. The van der Waals surface area contributed by atoms with Gasteiger partial charge >= 0.3 is 0 Å². The first-order chi connectivity index (χ1) is 15.0. The van der Waals surface area contributed by atoms with E-state index in [1.54, 1.807) is 18.2 Å². The Labute approximate surface area is 194 Å². The molecule has 31 heavy (non-hydrogen) atoms. The van der Waals surface area contributed by atoms with Crippen LogP contribution in [0.25, 0.3) is 0 Å². The monoisotopic (exact) mass is 468 g/mol. The van der Waals surface area contributed by atoms with Gasteiger partial charge in [0.1, 0.15) is 10.6 Å². The van der Waals surface area contributed by atoms with Crippen molar-refractivity contribution in [1.82, 2.24) is 0 Å². The van der Waals surface area contributed by atoms with Gasteiger partial charge in [0, 0.05) is 10.6 Å². The lowest BCUT2D eigenvalue weighted by molar-refractivity contribution is -0.120. The summed E-state index contributed by atoms with van der Waals surface area (Å²) in [6.45, 7) is 2.07. The molecule has 1 N–H and O–H groups in total. The van der Waals surface area contributed by atoms with Crippen molar-refractivity contribution in [2.24, 2.45) is 0 Å². The second kappa shape index (κ2) is 9.18. The van der Waals surface area contributed by atoms with Crippen LogP contribution in [0, 0.1) is 0 Å². The summed E-state index contributed by atoms with van der Waals surface area (Å²) in [6, 6.07) is 22.1. The molecule has 0 fully saturated rings. The fourth-order valence-electron chi connectivity index (χ4n) is 3.17. The predicted octanol–water partition coefficient (Wildman–Crippen LogP) is 6.55. The summed E-state index contributed by atoms with van der Waals surface area (Å²) in [4.78, 5) is 29.0. The second-order valence-corrected chi connectivity index (χ2v) is 8.68. The largest absolute Gasteiger partial charge is 0.350 e. The molecule has 1 aliphatic rings. The SMILES string of the molecule is CCc1ccc(NC2=C(Sc3ccccc3)C(=O)N(c3cccc(Cl)c3Cl)C2=O)cc1. The number of nitrogens with zero attached hydrogens (tertiary/aromatic N) is 1. The average Bonchev–Trinajstić information content (AvgIpc) is 3.01. The summed E-state index contributed by atoms with van der Waals surface area (Å²) in [5, 5.41) is 3.58. The van der Waals surface area contributed by atoms with Gasteiger partial charge in [-0.3, -0.25) is 9.59 Å². The number of thioether (sulfide) groups is 1. The summed E-state index contributed by atoms with van der Waals surface area (Å²) >= 11 is 13.7. The minimum Gasteiger partial charge on any atom is -0.350 e. The molecule has 0 radical (unpaired) electrons. The molecule has 0 spiro atoms. The lowest BCUT2D eigenvalue weighted by Gasteiger charge is -2.17. The van der Waals surface area contributed by atoms with Crippen molar-refractivity contribution in [1.29, 1.82) is 0 Å². The van der Waals surface area contributed by atoms with Gasteiger partial charge in [-0.1, -0.05) is 78.3 Å². The Morgan fingerprint density at radius 2 is 1.58 bits per heavy atom. The van der Waals surface area contributed by atoms with Crippen LogP contribution < -0.4 is 10.2 Å². The highest BCUT2D eigenvalue weighted by Crippen LogP contribution is 2.41. The molecule has 0 saturated heterocycles. The minimum atomic E-state index is -0.479. The standard InChI is InChI=1S/C24H18Cl2N2O2S/c1-2-15-11-13-16(14-12-15)27-21-22(31-17-7-4-3-5-8-17)24(30)28(23(21)29)19-10-6-9-18(25)20(19)26/h3-14,27H,2H2,1H3. The van der Waals surface area contributed by atoms with Crippen LogP contribution in [0.15, 0.2) is 88.3 Å². The molecule has 0 unspecified atom stereocenters. The van der Waals surface area contributed by atoms with E-state index in [9.17, 15) is 9.59 Å². The van der Waals surface area contributed by atoms with Crippen molar-refractivity contribution in [2.75, 3.05) is 10.2 Å². The van der Waals surface area contributed by atoms with E-state index in [1.807, 2.05) is 54.6 Å². The van der Waals surface area contributed by atoms with E-state index in [0.29, 0.717) is 4.91 Å². The van der Waals surface area contributed by atoms with Crippen LogP contribution in [0.4, 0.5) is 11.4 Å². The number of anilines is 2. The van der Waals surface area contributed by atoms with Gasteiger partial charge in [-0.05, 0) is 48.4 Å². The molecule has 156 valence electrons. The summed E-state index contributed by atoms with van der Waals surface area (Å²) in [7, 11) is 0. The van der Waals surface area contributed by atoms with Gasteiger partial charge in [0.2, 0.25) is 0 Å². The van der Waals surface area contributed by atoms with Crippen LogP contribution in [-0.4, -0.2) is 11.8 Å². The number of nitrogens with one attached hydrogen (secondary N) is 1. The molecule has 4 nitrogen and oxygen atoms in total. The maximum atomic E-state index is 13.4. The fraction of sp³-hybridized carbons (Fsp3) is 0.0833. The molecule has 2 amide bonds. The minimum absolute atomic E-state index is 0.156. The lowest BCUT2D eigenvalue weighted by atomic mass is 10.1. The molecule has 4 rings (SSSR count). The summed E-state index contributed by atoms with van der Waals surface area (Å²) in [5.41, 5.74) is 2.37. The van der Waals surface area contributed by atoms with Crippen LogP contribution in [0.3, 0.4) is 0 Å². The molecule has 3 aromatic carbocycles. The lowest BCUT2D eigenvalue weighted by Crippen LogP contribution is -2.32. The van der Waals surface area contributed by atoms with Crippen molar-refractivity contribution < 1.29 is 9.59 Å². The number of aryl methyl sites for hydroxylation is 1. The van der Waals surface area contributed by atoms with Gasteiger partial charge in [0.05, 0.1) is 15.7 Å². The normalized spacial score (nSPS) is 13.8. The highest BCUT2D eigenvalue weighted by molar-refractivity contribution is 8.04. The average molecular weight is 469 g/mol. The fourth-order valence-corrected chi connectivity index (χ4v) is 4.50. The van der Waals surface area contributed by atoms with E-state index in [0.717, 1.165) is 21.9 Å². The zero-order valence-electron chi connectivity index (χ0n) is 16.6. The molecule has 0 aliphatic carbocycles. The van der Waals surface area contributed by atoms with Crippen molar-refractivity contribution in [3.05, 3.63) is 99.0 Å². The molecule has 1 aliphatic heterocycles. The van der Waals surface area contributed by atoms with E-state index in [2.05, 4.69) is 12.2 Å². The molecule has 0 bridgehead atoms. The molecule has 3 aromatic rings. The Hall–Kier alpha value is -2.73.